The lowest BCUT2D eigenvalue weighted by Gasteiger charge is -2.17. The second kappa shape index (κ2) is 5.28. The van der Waals surface area contributed by atoms with Gasteiger partial charge in [0.2, 0.25) is 5.91 Å². The van der Waals surface area contributed by atoms with Crippen molar-refractivity contribution in [1.82, 2.24) is 9.55 Å². The van der Waals surface area contributed by atoms with Crippen LogP contribution in [0.3, 0.4) is 0 Å². The highest BCUT2D eigenvalue weighted by Gasteiger charge is 2.14. The van der Waals surface area contributed by atoms with Gasteiger partial charge in [-0.15, -0.1) is 0 Å². The van der Waals surface area contributed by atoms with Gasteiger partial charge in [-0.1, -0.05) is 30.3 Å². The lowest BCUT2D eigenvalue weighted by Crippen LogP contribution is -2.33. The van der Waals surface area contributed by atoms with Crippen LogP contribution in [-0.4, -0.2) is 22.5 Å². The predicted octanol–water partition coefficient (Wildman–Crippen LogP) is 1.99. The number of rotatable bonds is 3. The summed E-state index contributed by atoms with van der Waals surface area (Å²) in [4.78, 5) is 28.6. The van der Waals surface area contributed by atoms with Crippen molar-refractivity contribution in [3.8, 4) is 0 Å². The molecule has 0 radical (unpaired) electrons. The Morgan fingerprint density at radius 2 is 1.76 bits per heavy atom. The van der Waals surface area contributed by atoms with Crippen molar-refractivity contribution >= 4 is 22.6 Å². The molecule has 3 aromatic rings. The van der Waals surface area contributed by atoms with Crippen LogP contribution in [0.25, 0.3) is 11.0 Å². The quantitative estimate of drug-likeness (QED) is 0.798. The smallest absolute Gasteiger partial charge is 0.314 e. The van der Waals surface area contributed by atoms with Crippen molar-refractivity contribution in [1.29, 1.82) is 0 Å². The van der Waals surface area contributed by atoms with Gasteiger partial charge < -0.3 is 9.88 Å². The van der Waals surface area contributed by atoms with Crippen LogP contribution in [0.2, 0.25) is 0 Å². The lowest BCUT2D eigenvalue weighted by atomic mass is 10.3. The van der Waals surface area contributed by atoms with Crippen LogP contribution in [0.4, 0.5) is 5.69 Å². The second-order valence-corrected chi connectivity index (χ2v) is 4.82. The van der Waals surface area contributed by atoms with Crippen molar-refractivity contribution in [2.24, 2.45) is 0 Å². The number of aromatic amines is 1. The van der Waals surface area contributed by atoms with Crippen molar-refractivity contribution in [3.05, 3.63) is 65.1 Å². The van der Waals surface area contributed by atoms with E-state index in [2.05, 4.69) is 4.98 Å². The number of carbonyl (C=O) groups is 1. The summed E-state index contributed by atoms with van der Waals surface area (Å²) in [5.74, 6) is -0.145. The Labute approximate surface area is 121 Å². The molecule has 1 N–H and O–H groups in total. The lowest BCUT2D eigenvalue weighted by molar-refractivity contribution is -0.118. The number of anilines is 1. The van der Waals surface area contributed by atoms with Crippen molar-refractivity contribution in [3.63, 3.8) is 0 Å². The average Bonchev–Trinajstić information content (AvgIpc) is 2.83. The van der Waals surface area contributed by atoms with E-state index in [4.69, 9.17) is 0 Å². The summed E-state index contributed by atoms with van der Waals surface area (Å²) in [5, 5.41) is 0. The fraction of sp³-hybridized carbons (Fsp3) is 0.125. The highest BCUT2D eigenvalue weighted by Crippen LogP contribution is 2.13. The molecule has 3 rings (SSSR count). The molecule has 106 valence electrons. The molecule has 0 fully saturated rings. The number of nitrogens with one attached hydrogen (secondary N) is 1. The standard InChI is InChI=1S/C16H15N3O2/c1-18(12-7-3-2-4-8-12)15(20)11-19-14-10-6-5-9-13(14)17-16(19)21/h2-10H,11H2,1H3,(H,17,21). The molecule has 0 unspecified atom stereocenters. The van der Waals surface area contributed by atoms with Crippen LogP contribution in [-0.2, 0) is 11.3 Å². The van der Waals surface area contributed by atoms with Gasteiger partial charge in [0.25, 0.3) is 0 Å². The highest BCUT2D eigenvalue weighted by atomic mass is 16.2. The Hall–Kier alpha value is -2.82. The zero-order valence-electron chi connectivity index (χ0n) is 11.6. The van der Waals surface area contributed by atoms with Gasteiger partial charge in [-0.05, 0) is 24.3 Å². The Balaban J connectivity index is 1.90. The largest absolute Gasteiger partial charge is 0.326 e. The minimum absolute atomic E-state index is 0.00818. The SMILES string of the molecule is CN(C(=O)Cn1c(=O)[nH]c2ccccc21)c1ccccc1. The van der Waals surface area contributed by atoms with Crippen LogP contribution in [0, 0.1) is 0 Å². The molecule has 1 heterocycles. The number of fused-ring (bicyclic) bond motifs is 1. The van der Waals surface area contributed by atoms with E-state index >= 15 is 0 Å². The fourth-order valence-corrected chi connectivity index (χ4v) is 2.30. The van der Waals surface area contributed by atoms with E-state index < -0.39 is 0 Å². The van der Waals surface area contributed by atoms with Crippen molar-refractivity contribution in [2.45, 2.75) is 6.54 Å². The highest BCUT2D eigenvalue weighted by molar-refractivity contribution is 5.93. The molecule has 5 heteroatoms. The maximum Gasteiger partial charge on any atom is 0.326 e. The summed E-state index contributed by atoms with van der Waals surface area (Å²) in [6, 6.07) is 16.7. The van der Waals surface area contributed by atoms with E-state index in [-0.39, 0.29) is 18.1 Å². The molecule has 0 saturated carbocycles. The first-order valence-electron chi connectivity index (χ1n) is 6.66. The van der Waals surface area contributed by atoms with Gasteiger partial charge >= 0.3 is 5.69 Å². The Morgan fingerprint density at radius 3 is 2.52 bits per heavy atom. The van der Waals surface area contributed by atoms with Crippen molar-refractivity contribution < 1.29 is 4.79 Å². The molecule has 0 aliphatic rings. The third kappa shape index (κ3) is 2.45. The van der Waals surface area contributed by atoms with Crippen molar-refractivity contribution in [2.75, 3.05) is 11.9 Å². The minimum atomic E-state index is -0.272. The summed E-state index contributed by atoms with van der Waals surface area (Å²) in [6.07, 6.45) is 0. The maximum atomic E-state index is 12.4. The van der Waals surface area contributed by atoms with E-state index in [1.54, 1.807) is 11.9 Å². The number of likely N-dealkylation sites (N-methyl/N-ethyl adjacent to an activating group) is 1. The first-order valence-corrected chi connectivity index (χ1v) is 6.66. The molecular formula is C16H15N3O2. The molecule has 2 aromatic carbocycles. The number of amides is 1. The van der Waals surface area contributed by atoms with Gasteiger partial charge in [0.15, 0.2) is 0 Å². The molecule has 5 nitrogen and oxygen atoms in total. The number of hydrogen-bond acceptors (Lipinski definition) is 2. The maximum absolute atomic E-state index is 12.4. The summed E-state index contributed by atoms with van der Waals surface area (Å²) in [7, 11) is 1.71. The zero-order valence-corrected chi connectivity index (χ0v) is 11.6. The number of hydrogen-bond donors (Lipinski definition) is 1. The number of nitrogens with zero attached hydrogens (tertiary/aromatic N) is 2. The van der Waals surface area contributed by atoms with Crippen LogP contribution >= 0.6 is 0 Å². The third-order valence-corrected chi connectivity index (χ3v) is 3.49. The number of aromatic nitrogens is 2. The van der Waals surface area contributed by atoms with Gasteiger partial charge in [0, 0.05) is 12.7 Å². The summed E-state index contributed by atoms with van der Waals surface area (Å²) >= 11 is 0. The minimum Gasteiger partial charge on any atom is -0.314 e. The predicted molar refractivity (Wildman–Crippen MR) is 82.4 cm³/mol. The Bertz CT molecular complexity index is 833. The molecular weight excluding hydrogens is 266 g/mol. The number of carbonyl (C=O) groups excluding carboxylic acids is 1. The first kappa shape index (κ1) is 13.2. The fourth-order valence-electron chi connectivity index (χ4n) is 2.30. The molecule has 0 spiro atoms. The monoisotopic (exact) mass is 281 g/mol. The van der Waals surface area contributed by atoms with Gasteiger partial charge in [-0.25, -0.2) is 4.79 Å². The number of para-hydroxylation sites is 3. The molecule has 1 aromatic heterocycles. The second-order valence-electron chi connectivity index (χ2n) is 4.82. The summed E-state index contributed by atoms with van der Waals surface area (Å²) < 4.78 is 1.46. The van der Waals surface area contributed by atoms with Gasteiger partial charge in [-0.3, -0.25) is 9.36 Å². The van der Waals surface area contributed by atoms with E-state index in [1.165, 1.54) is 4.57 Å². The summed E-state index contributed by atoms with van der Waals surface area (Å²) in [5.41, 5.74) is 2.00. The Kier molecular flexibility index (Phi) is 3.31. The van der Waals surface area contributed by atoms with Gasteiger partial charge in [-0.2, -0.15) is 0 Å². The van der Waals surface area contributed by atoms with Gasteiger partial charge in [0.1, 0.15) is 6.54 Å². The van der Waals surface area contributed by atoms with Crippen LogP contribution < -0.4 is 10.6 Å². The normalized spacial score (nSPS) is 10.7. The molecule has 0 bridgehead atoms. The molecule has 21 heavy (non-hydrogen) atoms. The summed E-state index contributed by atoms with van der Waals surface area (Å²) in [6.45, 7) is 0.00818. The zero-order chi connectivity index (χ0) is 14.8. The van der Waals surface area contributed by atoms with E-state index in [1.807, 2.05) is 54.6 Å². The van der Waals surface area contributed by atoms with E-state index in [0.717, 1.165) is 16.7 Å². The first-order chi connectivity index (χ1) is 10.2. The third-order valence-electron chi connectivity index (χ3n) is 3.49. The van der Waals surface area contributed by atoms with Crippen LogP contribution in [0.15, 0.2) is 59.4 Å². The molecule has 0 saturated heterocycles. The number of benzene rings is 2. The van der Waals surface area contributed by atoms with Crippen LogP contribution in [0.1, 0.15) is 0 Å². The molecule has 0 aliphatic heterocycles. The average molecular weight is 281 g/mol. The molecule has 0 aliphatic carbocycles. The molecule has 1 amide bonds. The Morgan fingerprint density at radius 1 is 1.10 bits per heavy atom. The number of imidazole rings is 1. The van der Waals surface area contributed by atoms with E-state index in [0.29, 0.717) is 0 Å². The van der Waals surface area contributed by atoms with Gasteiger partial charge in [0.05, 0.1) is 11.0 Å². The van der Waals surface area contributed by atoms with Crippen LogP contribution in [0.5, 0.6) is 0 Å². The molecule has 0 atom stereocenters. The van der Waals surface area contributed by atoms with E-state index in [9.17, 15) is 9.59 Å². The topological polar surface area (TPSA) is 58.1 Å². The number of H-pyrrole nitrogens is 1.